The maximum atomic E-state index is 13.3. The third kappa shape index (κ3) is 16.0. The van der Waals surface area contributed by atoms with Crippen LogP contribution in [0.25, 0.3) is 0 Å². The summed E-state index contributed by atoms with van der Waals surface area (Å²) in [6, 6.07) is -0.788. The summed E-state index contributed by atoms with van der Waals surface area (Å²) in [5.74, 6) is -6.26. The molecule has 1 rings (SSSR count). The Labute approximate surface area is 278 Å². The Kier molecular flexibility index (Phi) is 18.6. The molecule has 1 aromatic carbocycles. The molecule has 0 aliphatic rings. The fourth-order valence-electron chi connectivity index (χ4n) is 4.52. The second-order valence-electron chi connectivity index (χ2n) is 11.2. The van der Waals surface area contributed by atoms with E-state index in [9.17, 15) is 44.1 Å². The summed E-state index contributed by atoms with van der Waals surface area (Å²) in [6.45, 7) is 2.27. The van der Waals surface area contributed by atoms with Crippen molar-refractivity contribution in [1.82, 2.24) is 21.3 Å². The van der Waals surface area contributed by atoms with Crippen molar-refractivity contribution in [2.45, 2.75) is 94.9 Å². The lowest BCUT2D eigenvalue weighted by atomic mass is 10.0. The van der Waals surface area contributed by atoms with E-state index in [0.29, 0.717) is 37.8 Å². The highest BCUT2D eigenvalue weighted by Crippen LogP contribution is 2.12. The highest BCUT2D eigenvalue weighted by molar-refractivity contribution is 5.96. The Hall–Kier alpha value is -4.97. The van der Waals surface area contributed by atoms with E-state index in [0.717, 1.165) is 0 Å². The number of aliphatic imine (C=N–C) groups is 1. The molecular weight excluding hydrogens is 630 g/mol. The number of amides is 4. The molecule has 18 nitrogen and oxygen atoms in total. The van der Waals surface area contributed by atoms with Crippen LogP contribution in [-0.2, 0) is 35.2 Å². The van der Waals surface area contributed by atoms with Gasteiger partial charge in [-0.3, -0.25) is 29.0 Å². The van der Waals surface area contributed by atoms with E-state index in [1.807, 2.05) is 0 Å². The number of benzene rings is 1. The van der Waals surface area contributed by atoms with Crippen LogP contribution in [0.3, 0.4) is 0 Å². The van der Waals surface area contributed by atoms with Gasteiger partial charge in [0, 0.05) is 13.0 Å². The molecular formula is C30H49N9O9. The molecule has 4 amide bonds. The first-order chi connectivity index (χ1) is 22.7. The van der Waals surface area contributed by atoms with Crippen LogP contribution in [0.15, 0.2) is 29.3 Å². The number of carbonyl (C=O) groups excluding carboxylic acids is 4. The highest BCUT2D eigenvalue weighted by Gasteiger charge is 2.32. The summed E-state index contributed by atoms with van der Waals surface area (Å²) < 4.78 is 0. The number of nitrogens with one attached hydrogen (secondary N) is 4. The van der Waals surface area contributed by atoms with Gasteiger partial charge in [-0.05, 0) is 62.8 Å². The summed E-state index contributed by atoms with van der Waals surface area (Å²) >= 11 is 0. The molecule has 0 bridgehead atoms. The standard InChI is InChI=1S/C30H49N9O9/c1-2-6-20(26(44)39-23(29(47)48)15-17-9-11-18(40)12-10-17)37-28(46)22(16-24(41)42)38-27(45)21(8-3-4-13-31)36-25(43)19(32)7-5-14-35-30(33)34/h9-12,19-23,40H,2-8,13-16,31-32H2,1H3,(H,36,43)(H,37,46)(H,38,45)(H,39,44)(H,41,42)(H,47,48)(H4,33,34,35)/t19-,20+,21+,22+,23-/m1/s1. The van der Waals surface area contributed by atoms with Crippen molar-refractivity contribution in [2.24, 2.45) is 27.9 Å². The average Bonchev–Trinajstić information content (AvgIpc) is 3.02. The molecule has 0 unspecified atom stereocenters. The number of aromatic hydroxyl groups is 1. The van der Waals surface area contributed by atoms with Crippen LogP contribution in [0.4, 0.5) is 0 Å². The highest BCUT2D eigenvalue weighted by atomic mass is 16.4. The van der Waals surface area contributed by atoms with E-state index in [2.05, 4.69) is 26.3 Å². The van der Waals surface area contributed by atoms with Crippen LogP contribution in [0.1, 0.15) is 63.9 Å². The lowest BCUT2D eigenvalue weighted by Crippen LogP contribution is -2.59. The Morgan fingerprint density at radius 1 is 0.750 bits per heavy atom. The molecule has 0 fully saturated rings. The fourth-order valence-corrected chi connectivity index (χ4v) is 4.52. The summed E-state index contributed by atoms with van der Waals surface area (Å²) in [6.07, 6.45) is 1.08. The van der Waals surface area contributed by atoms with E-state index in [1.165, 1.54) is 24.3 Å². The van der Waals surface area contributed by atoms with Crippen molar-refractivity contribution in [1.29, 1.82) is 0 Å². The predicted octanol–water partition coefficient (Wildman–Crippen LogP) is -2.26. The number of phenolic OH excluding ortho intramolecular Hbond substituents is 1. The van der Waals surface area contributed by atoms with Gasteiger partial charge in [0.15, 0.2) is 5.96 Å². The van der Waals surface area contributed by atoms with Crippen LogP contribution in [0, 0.1) is 0 Å². The molecule has 268 valence electrons. The van der Waals surface area contributed by atoms with Crippen molar-refractivity contribution in [3.63, 3.8) is 0 Å². The van der Waals surface area contributed by atoms with Gasteiger partial charge in [-0.1, -0.05) is 25.5 Å². The fraction of sp³-hybridized carbons (Fsp3) is 0.567. The van der Waals surface area contributed by atoms with Crippen LogP contribution >= 0.6 is 0 Å². The molecule has 0 spiro atoms. The number of phenols is 1. The number of aliphatic carboxylic acids is 2. The first kappa shape index (κ1) is 41.1. The third-order valence-corrected chi connectivity index (χ3v) is 7.10. The monoisotopic (exact) mass is 679 g/mol. The first-order valence-electron chi connectivity index (χ1n) is 15.6. The molecule has 48 heavy (non-hydrogen) atoms. The maximum absolute atomic E-state index is 13.3. The SMILES string of the molecule is CCC[C@H](NC(=O)[C@H](CC(=O)O)NC(=O)[C@H](CCCCN)NC(=O)[C@H](N)CCCN=C(N)N)C(=O)N[C@H](Cc1ccc(O)cc1)C(=O)O. The van der Waals surface area contributed by atoms with E-state index >= 15 is 0 Å². The second kappa shape index (κ2) is 21.8. The largest absolute Gasteiger partial charge is 0.508 e. The molecule has 0 aliphatic carbocycles. The minimum Gasteiger partial charge on any atom is -0.508 e. The van der Waals surface area contributed by atoms with Gasteiger partial charge in [-0.15, -0.1) is 0 Å². The van der Waals surface area contributed by atoms with Gasteiger partial charge in [0.1, 0.15) is 29.9 Å². The average molecular weight is 680 g/mol. The van der Waals surface area contributed by atoms with E-state index in [4.69, 9.17) is 22.9 Å². The maximum Gasteiger partial charge on any atom is 0.326 e. The number of carboxylic acids is 2. The van der Waals surface area contributed by atoms with Gasteiger partial charge in [0.2, 0.25) is 23.6 Å². The molecule has 0 saturated carbocycles. The molecule has 15 N–H and O–H groups in total. The number of carbonyl (C=O) groups is 6. The van der Waals surface area contributed by atoms with Gasteiger partial charge >= 0.3 is 11.9 Å². The Morgan fingerprint density at radius 3 is 1.83 bits per heavy atom. The van der Waals surface area contributed by atoms with Crippen molar-refractivity contribution in [2.75, 3.05) is 13.1 Å². The van der Waals surface area contributed by atoms with Crippen LogP contribution < -0.4 is 44.2 Å². The molecule has 18 heteroatoms. The number of rotatable bonds is 23. The van der Waals surface area contributed by atoms with E-state index in [-0.39, 0.29) is 43.9 Å². The van der Waals surface area contributed by atoms with E-state index < -0.39 is 72.2 Å². The van der Waals surface area contributed by atoms with Crippen molar-refractivity contribution < 1.29 is 44.1 Å². The van der Waals surface area contributed by atoms with Gasteiger partial charge in [-0.2, -0.15) is 0 Å². The zero-order chi connectivity index (χ0) is 36.2. The van der Waals surface area contributed by atoms with Crippen molar-refractivity contribution in [3.8, 4) is 5.75 Å². The lowest BCUT2D eigenvalue weighted by Gasteiger charge is -2.26. The summed E-state index contributed by atoms with van der Waals surface area (Å²) in [4.78, 5) is 79.9. The molecule has 5 atom stereocenters. The zero-order valence-corrected chi connectivity index (χ0v) is 27.0. The van der Waals surface area contributed by atoms with Gasteiger partial charge in [0.05, 0.1) is 12.5 Å². The third-order valence-electron chi connectivity index (χ3n) is 7.10. The number of hydrogen-bond donors (Lipinski definition) is 11. The molecule has 0 saturated heterocycles. The Balaban J connectivity index is 3.06. The zero-order valence-electron chi connectivity index (χ0n) is 27.0. The number of carboxylic acid groups (broad SMARTS) is 2. The molecule has 0 radical (unpaired) electrons. The van der Waals surface area contributed by atoms with Crippen LogP contribution in [-0.4, -0.2) is 100 Å². The second-order valence-corrected chi connectivity index (χ2v) is 11.2. The normalized spacial score (nSPS) is 13.9. The number of hydrogen-bond acceptors (Lipinski definition) is 10. The summed E-state index contributed by atoms with van der Waals surface area (Å²) in [5, 5.41) is 38.4. The number of nitrogens with two attached hydrogens (primary N) is 4. The van der Waals surface area contributed by atoms with E-state index in [1.54, 1.807) is 6.92 Å². The quantitative estimate of drug-likeness (QED) is 0.0331. The summed E-state index contributed by atoms with van der Waals surface area (Å²) in [7, 11) is 0. The lowest BCUT2D eigenvalue weighted by molar-refractivity contribution is -0.143. The smallest absolute Gasteiger partial charge is 0.326 e. The van der Waals surface area contributed by atoms with Gasteiger partial charge in [0.25, 0.3) is 0 Å². The van der Waals surface area contributed by atoms with Crippen LogP contribution in [0.2, 0.25) is 0 Å². The Bertz CT molecular complexity index is 1260. The predicted molar refractivity (Wildman–Crippen MR) is 175 cm³/mol. The van der Waals surface area contributed by atoms with Crippen LogP contribution in [0.5, 0.6) is 5.75 Å². The molecule has 0 aromatic heterocycles. The topological polar surface area (TPSA) is 328 Å². The minimum absolute atomic E-state index is 0.0211. The molecule has 0 heterocycles. The first-order valence-corrected chi connectivity index (χ1v) is 15.6. The molecule has 1 aromatic rings. The summed E-state index contributed by atoms with van der Waals surface area (Å²) in [5.41, 5.74) is 22.6. The van der Waals surface area contributed by atoms with Crippen molar-refractivity contribution >= 4 is 41.5 Å². The number of unbranched alkanes of at least 4 members (excludes halogenated alkanes) is 1. The van der Waals surface area contributed by atoms with Crippen molar-refractivity contribution in [3.05, 3.63) is 29.8 Å². The Morgan fingerprint density at radius 2 is 1.29 bits per heavy atom. The number of guanidine groups is 1. The molecule has 0 aliphatic heterocycles. The van der Waals surface area contributed by atoms with Gasteiger partial charge in [-0.25, -0.2) is 4.79 Å². The minimum atomic E-state index is -1.66. The van der Waals surface area contributed by atoms with Gasteiger partial charge < -0.3 is 59.5 Å². The number of nitrogens with zero attached hydrogens (tertiary/aromatic N) is 1.